The predicted octanol–water partition coefficient (Wildman–Crippen LogP) is 0.398. The van der Waals surface area contributed by atoms with E-state index in [2.05, 4.69) is 11.0 Å². The number of nitrogens with one attached hydrogen (secondary N) is 1. The maximum absolute atomic E-state index is 7.57. The second kappa shape index (κ2) is 8.71. The lowest BCUT2D eigenvalue weighted by Crippen LogP contribution is -2.56. The second-order valence-electron chi connectivity index (χ2n) is 5.59. The molecule has 1 saturated heterocycles. The zero-order valence-electron chi connectivity index (χ0n) is 13.7. The summed E-state index contributed by atoms with van der Waals surface area (Å²) in [6.07, 6.45) is 0.747. The molecule has 128 valence electrons. The van der Waals surface area contributed by atoms with Gasteiger partial charge in [-0.25, -0.2) is 0 Å². The monoisotopic (exact) mass is 321 g/mol. The molecule has 0 saturated carbocycles. The first kappa shape index (κ1) is 17.5. The number of nitrogens with zero attached hydrogens (tertiary/aromatic N) is 2. The molecule has 0 bridgehead atoms. The number of rotatable bonds is 7. The molecule has 23 heavy (non-hydrogen) atoms. The molecule has 0 aliphatic carbocycles. The summed E-state index contributed by atoms with van der Waals surface area (Å²) in [7, 11) is 1.69. The minimum absolute atomic E-state index is 0.0928. The highest BCUT2D eigenvalue weighted by atomic mass is 16.5. The van der Waals surface area contributed by atoms with Gasteiger partial charge in [-0.3, -0.25) is 10.3 Å². The molecule has 0 radical (unpaired) electrons. The van der Waals surface area contributed by atoms with Gasteiger partial charge in [0.05, 0.1) is 13.2 Å². The SMILES string of the molecule is COC1CN(C(=N)N)CCN1Cc1ccccc1OCCCN. The van der Waals surface area contributed by atoms with Gasteiger partial charge < -0.3 is 25.8 Å². The minimum Gasteiger partial charge on any atom is -0.493 e. The third-order valence-electron chi connectivity index (χ3n) is 4.01. The Morgan fingerprint density at radius 3 is 2.83 bits per heavy atom. The van der Waals surface area contributed by atoms with Crippen LogP contribution in [0.2, 0.25) is 0 Å². The van der Waals surface area contributed by atoms with E-state index >= 15 is 0 Å². The molecule has 7 heteroatoms. The van der Waals surface area contributed by atoms with Crippen molar-refractivity contribution in [2.45, 2.75) is 19.2 Å². The van der Waals surface area contributed by atoms with Crippen LogP contribution in [-0.4, -0.2) is 61.9 Å². The second-order valence-corrected chi connectivity index (χ2v) is 5.59. The standard InChI is InChI=1S/C16H27N5O2/c1-22-15-12-21(16(18)19)9-8-20(15)11-13-5-2-3-6-14(13)23-10-4-7-17/h2-3,5-6,15H,4,7-12,17H2,1H3,(H3,18,19). The van der Waals surface area contributed by atoms with Gasteiger partial charge >= 0.3 is 0 Å². The summed E-state index contributed by atoms with van der Waals surface area (Å²) in [5.41, 5.74) is 12.2. The van der Waals surface area contributed by atoms with Gasteiger partial charge in [-0.1, -0.05) is 18.2 Å². The number of hydrogen-bond donors (Lipinski definition) is 3. The highest BCUT2D eigenvalue weighted by Gasteiger charge is 2.28. The normalized spacial score (nSPS) is 18.9. The van der Waals surface area contributed by atoms with Crippen LogP contribution in [0.4, 0.5) is 0 Å². The average molecular weight is 321 g/mol. The van der Waals surface area contributed by atoms with Crippen molar-refractivity contribution in [1.29, 1.82) is 5.41 Å². The topological polar surface area (TPSA) is 101 Å². The molecule has 1 aliphatic rings. The molecule has 1 fully saturated rings. The lowest BCUT2D eigenvalue weighted by atomic mass is 10.1. The van der Waals surface area contributed by atoms with Crippen LogP contribution in [0.25, 0.3) is 0 Å². The number of piperazine rings is 1. The van der Waals surface area contributed by atoms with Crippen LogP contribution in [0.3, 0.4) is 0 Å². The molecule has 1 aromatic rings. The highest BCUT2D eigenvalue weighted by Crippen LogP contribution is 2.22. The quantitative estimate of drug-likeness (QED) is 0.382. The van der Waals surface area contributed by atoms with Crippen LogP contribution < -0.4 is 16.2 Å². The van der Waals surface area contributed by atoms with Gasteiger partial charge in [0.15, 0.2) is 5.96 Å². The van der Waals surface area contributed by atoms with Crippen LogP contribution in [0.1, 0.15) is 12.0 Å². The smallest absolute Gasteiger partial charge is 0.188 e. The minimum atomic E-state index is -0.0928. The van der Waals surface area contributed by atoms with Crippen molar-refractivity contribution in [3.05, 3.63) is 29.8 Å². The molecule has 0 aromatic heterocycles. The Kier molecular flexibility index (Phi) is 6.64. The highest BCUT2D eigenvalue weighted by molar-refractivity contribution is 5.74. The molecular formula is C16H27N5O2. The Labute approximate surface area is 137 Å². The Balaban J connectivity index is 2.02. The summed E-state index contributed by atoms with van der Waals surface area (Å²) in [6, 6.07) is 8.04. The Morgan fingerprint density at radius 2 is 2.13 bits per heavy atom. The summed E-state index contributed by atoms with van der Waals surface area (Å²) in [5.74, 6) is 0.988. The number of ether oxygens (including phenoxy) is 2. The summed E-state index contributed by atoms with van der Waals surface area (Å²) in [6.45, 7) is 4.10. The van der Waals surface area contributed by atoms with Crippen molar-refractivity contribution in [1.82, 2.24) is 9.80 Å². The largest absolute Gasteiger partial charge is 0.493 e. The van der Waals surface area contributed by atoms with E-state index in [1.54, 1.807) is 7.11 Å². The van der Waals surface area contributed by atoms with E-state index < -0.39 is 0 Å². The Morgan fingerprint density at radius 1 is 1.35 bits per heavy atom. The molecule has 0 amide bonds. The van der Waals surface area contributed by atoms with Crippen molar-refractivity contribution in [2.75, 3.05) is 39.9 Å². The maximum atomic E-state index is 7.57. The first-order chi connectivity index (χ1) is 11.2. The third-order valence-corrected chi connectivity index (χ3v) is 4.01. The van der Waals surface area contributed by atoms with Gasteiger partial charge in [-0.05, 0) is 19.0 Å². The summed E-state index contributed by atoms with van der Waals surface area (Å²) >= 11 is 0. The fourth-order valence-electron chi connectivity index (χ4n) is 2.67. The summed E-state index contributed by atoms with van der Waals surface area (Å²) < 4.78 is 11.4. The van der Waals surface area contributed by atoms with Gasteiger partial charge in [0, 0.05) is 32.3 Å². The van der Waals surface area contributed by atoms with Crippen molar-refractivity contribution < 1.29 is 9.47 Å². The molecule has 1 atom stereocenters. The Bertz CT molecular complexity index is 511. The number of nitrogens with two attached hydrogens (primary N) is 2. The van der Waals surface area contributed by atoms with Gasteiger partial charge in [-0.2, -0.15) is 0 Å². The van der Waals surface area contributed by atoms with Gasteiger partial charge in [0.2, 0.25) is 0 Å². The third kappa shape index (κ3) is 4.82. The van der Waals surface area contributed by atoms with Crippen molar-refractivity contribution in [2.24, 2.45) is 11.5 Å². The van der Waals surface area contributed by atoms with Crippen molar-refractivity contribution >= 4 is 5.96 Å². The van der Waals surface area contributed by atoms with E-state index in [0.717, 1.165) is 37.4 Å². The van der Waals surface area contributed by atoms with Crippen molar-refractivity contribution in [3.8, 4) is 5.75 Å². The fourth-order valence-corrected chi connectivity index (χ4v) is 2.67. The number of guanidine groups is 1. The van der Waals surface area contributed by atoms with E-state index in [-0.39, 0.29) is 12.2 Å². The summed E-state index contributed by atoms with van der Waals surface area (Å²) in [4.78, 5) is 4.07. The molecule has 1 unspecified atom stereocenters. The first-order valence-corrected chi connectivity index (χ1v) is 7.92. The van der Waals surface area contributed by atoms with E-state index in [1.807, 2.05) is 23.1 Å². The summed E-state index contributed by atoms with van der Waals surface area (Å²) in [5, 5.41) is 7.57. The lowest BCUT2D eigenvalue weighted by molar-refractivity contribution is -0.0719. The molecular weight excluding hydrogens is 294 g/mol. The lowest BCUT2D eigenvalue weighted by Gasteiger charge is -2.40. The van der Waals surface area contributed by atoms with Crippen LogP contribution in [-0.2, 0) is 11.3 Å². The van der Waals surface area contributed by atoms with Gasteiger partial charge in [-0.15, -0.1) is 0 Å². The van der Waals surface area contributed by atoms with Crippen LogP contribution >= 0.6 is 0 Å². The molecule has 2 rings (SSSR count). The molecule has 5 N–H and O–H groups in total. The molecule has 1 aliphatic heterocycles. The van der Waals surface area contributed by atoms with Crippen molar-refractivity contribution in [3.63, 3.8) is 0 Å². The van der Waals surface area contributed by atoms with Gasteiger partial charge in [0.1, 0.15) is 12.0 Å². The van der Waals surface area contributed by atoms with E-state index in [1.165, 1.54) is 0 Å². The predicted molar refractivity (Wildman–Crippen MR) is 90.3 cm³/mol. The maximum Gasteiger partial charge on any atom is 0.188 e. The molecule has 1 heterocycles. The number of para-hydroxylation sites is 1. The van der Waals surface area contributed by atoms with Gasteiger partial charge in [0.25, 0.3) is 0 Å². The van der Waals surface area contributed by atoms with Crippen LogP contribution in [0.5, 0.6) is 5.75 Å². The first-order valence-electron chi connectivity index (χ1n) is 7.92. The van der Waals surface area contributed by atoms with E-state index in [9.17, 15) is 0 Å². The molecule has 7 nitrogen and oxygen atoms in total. The Hall–Kier alpha value is -1.83. The van der Waals surface area contributed by atoms with E-state index in [4.69, 9.17) is 26.4 Å². The van der Waals surface area contributed by atoms with Crippen LogP contribution in [0, 0.1) is 5.41 Å². The zero-order chi connectivity index (χ0) is 16.7. The zero-order valence-corrected chi connectivity index (χ0v) is 13.7. The van der Waals surface area contributed by atoms with E-state index in [0.29, 0.717) is 19.7 Å². The molecule has 1 aromatic carbocycles. The fraction of sp³-hybridized carbons (Fsp3) is 0.562. The van der Waals surface area contributed by atoms with Crippen LogP contribution in [0.15, 0.2) is 24.3 Å². The number of methoxy groups -OCH3 is 1. The number of hydrogen-bond acceptors (Lipinski definition) is 5. The molecule has 0 spiro atoms. The number of benzene rings is 1. The average Bonchev–Trinajstić information content (AvgIpc) is 2.56.